The van der Waals surface area contributed by atoms with E-state index in [1.54, 1.807) is 0 Å². The van der Waals surface area contributed by atoms with Crippen LogP contribution in [0.3, 0.4) is 0 Å². The van der Waals surface area contributed by atoms with Gasteiger partial charge in [-0.05, 0) is 113 Å². The van der Waals surface area contributed by atoms with Gasteiger partial charge in [0.15, 0.2) is 0 Å². The molecule has 0 aliphatic carbocycles. The molecule has 0 aromatic heterocycles. The molecule has 7 aromatic carbocycles. The minimum atomic E-state index is 0.850. The standard InChI is InChI=1S/C54H46N2/c1-5-18-53-43(7-3)23-17-26-54(53)55(49-24-15-10-16-25-49)41(4)27-28-42(6-2)46-29-35-50(36-30-46)56(51-37-31-47(32-38-51)44-19-11-8-12-20-44)52-39-33-48(34-40-52)45-21-13-9-14-22-45/h5-40H,3-4H2,1-2H3/b18-5-,28-27-,42-6+. The number of para-hydroxylation sites is 1. The minimum Gasteiger partial charge on any atom is -0.311 e. The largest absolute Gasteiger partial charge is 0.311 e. The van der Waals surface area contributed by atoms with Gasteiger partial charge in [-0.3, -0.25) is 0 Å². The van der Waals surface area contributed by atoms with Crippen LogP contribution >= 0.6 is 0 Å². The van der Waals surface area contributed by atoms with Crippen LogP contribution in [0.15, 0.2) is 225 Å². The summed E-state index contributed by atoms with van der Waals surface area (Å²) < 4.78 is 0. The first-order chi connectivity index (χ1) is 27.6. The molecule has 0 spiro atoms. The third-order valence-electron chi connectivity index (χ3n) is 9.90. The average Bonchev–Trinajstić information content (AvgIpc) is 3.26. The predicted octanol–water partition coefficient (Wildman–Crippen LogP) is 15.5. The highest BCUT2D eigenvalue weighted by Crippen LogP contribution is 2.38. The normalized spacial score (nSPS) is 11.5. The van der Waals surface area contributed by atoms with E-state index < -0.39 is 0 Å². The zero-order valence-corrected chi connectivity index (χ0v) is 32.1. The zero-order chi connectivity index (χ0) is 38.7. The van der Waals surface area contributed by atoms with Crippen molar-refractivity contribution in [2.45, 2.75) is 13.8 Å². The quantitative estimate of drug-likeness (QED) is 0.109. The van der Waals surface area contributed by atoms with Crippen LogP contribution in [0, 0.1) is 0 Å². The van der Waals surface area contributed by atoms with Crippen LogP contribution in [0.25, 0.3) is 40.0 Å². The van der Waals surface area contributed by atoms with Crippen LogP contribution < -0.4 is 9.80 Å². The summed E-state index contributed by atoms with van der Waals surface area (Å²) in [5.41, 5.74) is 15.3. The van der Waals surface area contributed by atoms with E-state index in [2.05, 4.69) is 236 Å². The molecule has 7 rings (SSSR count). The predicted molar refractivity (Wildman–Crippen MR) is 244 cm³/mol. The van der Waals surface area contributed by atoms with E-state index in [4.69, 9.17) is 0 Å². The van der Waals surface area contributed by atoms with Gasteiger partial charge in [-0.25, -0.2) is 0 Å². The second kappa shape index (κ2) is 17.8. The Hall–Kier alpha value is -7.16. The van der Waals surface area contributed by atoms with Crippen LogP contribution in [-0.4, -0.2) is 0 Å². The molecule has 0 saturated carbocycles. The molecule has 0 aliphatic heterocycles. The van der Waals surface area contributed by atoms with E-state index in [9.17, 15) is 0 Å². The van der Waals surface area contributed by atoms with Gasteiger partial charge in [0.05, 0.1) is 5.69 Å². The second-order valence-corrected chi connectivity index (χ2v) is 13.4. The molecule has 0 atom stereocenters. The molecule has 0 N–H and O–H groups in total. The van der Waals surface area contributed by atoms with Crippen molar-refractivity contribution in [2.24, 2.45) is 0 Å². The fraction of sp³-hybridized carbons (Fsp3) is 0.0370. The van der Waals surface area contributed by atoms with Crippen molar-refractivity contribution < 1.29 is 0 Å². The molecule has 7 aromatic rings. The van der Waals surface area contributed by atoms with Crippen LogP contribution in [0.1, 0.15) is 30.5 Å². The highest BCUT2D eigenvalue weighted by molar-refractivity contribution is 5.85. The number of anilines is 5. The summed E-state index contributed by atoms with van der Waals surface area (Å²) >= 11 is 0. The molecule has 0 aliphatic rings. The monoisotopic (exact) mass is 722 g/mol. The Labute approximate surface area is 332 Å². The SMILES string of the molecule is C=Cc1cccc(N(C(=C)/C=C\C(=C/C)c2ccc(N(c3ccc(-c4ccccc4)cc3)c3ccc(-c4ccccc4)cc3)cc2)c2ccccc2)c1/C=C\C. The van der Waals surface area contributed by atoms with Gasteiger partial charge >= 0.3 is 0 Å². The lowest BCUT2D eigenvalue weighted by atomic mass is 10.0. The van der Waals surface area contributed by atoms with E-state index in [1.807, 2.05) is 19.1 Å². The van der Waals surface area contributed by atoms with Gasteiger partial charge in [0.1, 0.15) is 0 Å². The van der Waals surface area contributed by atoms with Gasteiger partial charge in [-0.1, -0.05) is 171 Å². The molecule has 0 amide bonds. The summed E-state index contributed by atoms with van der Waals surface area (Å²) in [5.74, 6) is 0. The van der Waals surface area contributed by atoms with Gasteiger partial charge in [0.2, 0.25) is 0 Å². The summed E-state index contributed by atoms with van der Waals surface area (Å²) in [5, 5.41) is 0. The number of hydrogen-bond acceptors (Lipinski definition) is 2. The summed E-state index contributed by atoms with van der Waals surface area (Å²) in [6.07, 6.45) is 12.5. The van der Waals surface area contributed by atoms with E-state index in [0.717, 1.165) is 56.4 Å². The van der Waals surface area contributed by atoms with E-state index in [1.165, 1.54) is 22.3 Å². The lowest BCUT2D eigenvalue weighted by molar-refractivity contribution is 1.21. The minimum absolute atomic E-state index is 0.850. The van der Waals surface area contributed by atoms with Gasteiger partial charge < -0.3 is 9.80 Å². The van der Waals surface area contributed by atoms with Crippen molar-refractivity contribution in [3.63, 3.8) is 0 Å². The Bertz CT molecular complexity index is 2390. The van der Waals surface area contributed by atoms with Gasteiger partial charge in [-0.2, -0.15) is 0 Å². The van der Waals surface area contributed by atoms with Crippen LogP contribution in [0.5, 0.6) is 0 Å². The summed E-state index contributed by atoms with van der Waals surface area (Å²) in [4.78, 5) is 4.52. The topological polar surface area (TPSA) is 6.48 Å². The number of nitrogens with zero attached hydrogens (tertiary/aromatic N) is 2. The van der Waals surface area contributed by atoms with E-state index >= 15 is 0 Å². The van der Waals surface area contributed by atoms with Gasteiger partial charge in [0, 0.05) is 34.0 Å². The number of benzene rings is 7. The second-order valence-electron chi connectivity index (χ2n) is 13.4. The molecule has 0 bridgehead atoms. The van der Waals surface area contributed by atoms with Crippen molar-refractivity contribution in [1.82, 2.24) is 0 Å². The molecule has 2 heteroatoms. The Kier molecular flexibility index (Phi) is 11.8. The Morgan fingerprint density at radius 2 is 0.964 bits per heavy atom. The molecule has 0 unspecified atom stereocenters. The summed E-state index contributed by atoms with van der Waals surface area (Å²) in [6, 6.07) is 64.2. The van der Waals surface area contributed by atoms with Crippen molar-refractivity contribution in [3.8, 4) is 22.3 Å². The highest BCUT2D eigenvalue weighted by atomic mass is 15.1. The highest BCUT2D eigenvalue weighted by Gasteiger charge is 2.17. The molecule has 0 heterocycles. The maximum absolute atomic E-state index is 4.58. The number of rotatable bonds is 13. The van der Waals surface area contributed by atoms with Crippen LogP contribution in [-0.2, 0) is 0 Å². The van der Waals surface area contributed by atoms with E-state index in [0.29, 0.717) is 0 Å². The lowest BCUT2D eigenvalue weighted by Crippen LogP contribution is -2.15. The maximum Gasteiger partial charge on any atom is 0.0539 e. The van der Waals surface area contributed by atoms with Gasteiger partial charge in [-0.15, -0.1) is 0 Å². The third kappa shape index (κ3) is 8.31. The maximum atomic E-state index is 4.58. The Morgan fingerprint density at radius 1 is 0.482 bits per heavy atom. The van der Waals surface area contributed by atoms with Crippen molar-refractivity contribution in [1.29, 1.82) is 0 Å². The summed E-state index contributed by atoms with van der Waals surface area (Å²) in [6.45, 7) is 12.8. The first kappa shape index (κ1) is 37.2. The average molecular weight is 723 g/mol. The third-order valence-corrected chi connectivity index (χ3v) is 9.90. The van der Waals surface area contributed by atoms with Crippen molar-refractivity contribution >= 4 is 46.2 Å². The Morgan fingerprint density at radius 3 is 1.45 bits per heavy atom. The van der Waals surface area contributed by atoms with Crippen LogP contribution in [0.4, 0.5) is 28.4 Å². The lowest BCUT2D eigenvalue weighted by Gasteiger charge is -2.28. The summed E-state index contributed by atoms with van der Waals surface area (Å²) in [7, 11) is 0. The smallest absolute Gasteiger partial charge is 0.0539 e. The Balaban J connectivity index is 1.20. The van der Waals surface area contributed by atoms with Crippen LogP contribution in [0.2, 0.25) is 0 Å². The van der Waals surface area contributed by atoms with Crippen molar-refractivity contribution in [3.05, 3.63) is 242 Å². The number of hydrogen-bond donors (Lipinski definition) is 0. The molecule has 0 radical (unpaired) electrons. The molecule has 2 nitrogen and oxygen atoms in total. The molecular weight excluding hydrogens is 677 g/mol. The zero-order valence-electron chi connectivity index (χ0n) is 32.1. The van der Waals surface area contributed by atoms with Gasteiger partial charge in [0.25, 0.3) is 0 Å². The molecule has 0 saturated heterocycles. The molecule has 0 fully saturated rings. The first-order valence-corrected chi connectivity index (χ1v) is 19.1. The van der Waals surface area contributed by atoms with E-state index in [-0.39, 0.29) is 0 Å². The first-order valence-electron chi connectivity index (χ1n) is 19.1. The number of allylic oxidation sites excluding steroid dienone is 5. The molecule has 56 heavy (non-hydrogen) atoms. The molecular formula is C54H46N2. The fourth-order valence-corrected chi connectivity index (χ4v) is 7.07. The van der Waals surface area contributed by atoms with Crippen molar-refractivity contribution in [2.75, 3.05) is 9.80 Å². The fourth-order valence-electron chi connectivity index (χ4n) is 7.07. The molecule has 272 valence electrons.